The molecule has 0 radical (unpaired) electrons. The molecule has 0 aliphatic carbocycles. The molecule has 1 rings (SSSR count). The van der Waals surface area contributed by atoms with E-state index in [-0.39, 0.29) is 36.2 Å². The molecule has 21 heavy (non-hydrogen) atoms. The van der Waals surface area contributed by atoms with Crippen LogP contribution in [0.15, 0.2) is 0 Å². The van der Waals surface area contributed by atoms with E-state index < -0.39 is 0 Å². The Morgan fingerprint density at radius 1 is 0.619 bits per heavy atom. The molecule has 1 aliphatic heterocycles. The summed E-state index contributed by atoms with van der Waals surface area (Å²) in [4.78, 5) is 34.8. The van der Waals surface area contributed by atoms with Crippen molar-refractivity contribution in [1.82, 2.24) is 31.9 Å². The Labute approximate surface area is 124 Å². The maximum atomic E-state index is 11.6. The van der Waals surface area contributed by atoms with Crippen LogP contribution >= 0.6 is 0 Å². The lowest BCUT2D eigenvalue weighted by molar-refractivity contribution is 0.231. The van der Waals surface area contributed by atoms with Gasteiger partial charge in [0.1, 0.15) is 0 Å². The SMILES string of the molecule is CC1CNC(=O)N[C@H](C)CNC(=O)N[C@@H](C)CNC(=O)N1. The smallest absolute Gasteiger partial charge is 0.315 e. The molecule has 0 aromatic rings. The molecule has 0 aromatic carbocycles. The second-order valence-electron chi connectivity index (χ2n) is 5.27. The second kappa shape index (κ2) is 8.18. The van der Waals surface area contributed by atoms with Crippen molar-refractivity contribution in [3.8, 4) is 0 Å². The summed E-state index contributed by atoms with van der Waals surface area (Å²) >= 11 is 0. The molecule has 0 spiro atoms. The molecule has 6 N–H and O–H groups in total. The molecular weight excluding hydrogens is 276 g/mol. The van der Waals surface area contributed by atoms with Crippen molar-refractivity contribution in [2.24, 2.45) is 0 Å². The molecule has 3 atom stereocenters. The van der Waals surface area contributed by atoms with Crippen molar-refractivity contribution in [2.45, 2.75) is 38.9 Å². The molecule has 0 aromatic heterocycles. The molecule has 1 aliphatic rings. The highest BCUT2D eigenvalue weighted by molar-refractivity contribution is 5.77. The van der Waals surface area contributed by atoms with E-state index >= 15 is 0 Å². The summed E-state index contributed by atoms with van der Waals surface area (Å²) in [7, 11) is 0. The third kappa shape index (κ3) is 7.23. The van der Waals surface area contributed by atoms with Crippen LogP contribution in [0.4, 0.5) is 14.4 Å². The predicted molar refractivity (Wildman–Crippen MR) is 78.0 cm³/mol. The van der Waals surface area contributed by atoms with E-state index in [1.807, 2.05) is 0 Å². The minimum absolute atomic E-state index is 0.209. The van der Waals surface area contributed by atoms with Gasteiger partial charge in [-0.2, -0.15) is 0 Å². The molecule has 1 saturated heterocycles. The number of rotatable bonds is 0. The van der Waals surface area contributed by atoms with Gasteiger partial charge in [-0.25, -0.2) is 14.4 Å². The third-order valence-electron chi connectivity index (χ3n) is 2.84. The lowest BCUT2D eigenvalue weighted by atomic mass is 10.3. The minimum Gasteiger partial charge on any atom is -0.336 e. The molecule has 1 unspecified atom stereocenters. The maximum Gasteiger partial charge on any atom is 0.315 e. The van der Waals surface area contributed by atoms with Gasteiger partial charge < -0.3 is 31.9 Å². The summed E-state index contributed by atoms with van der Waals surface area (Å²) in [6, 6.07) is -1.66. The van der Waals surface area contributed by atoms with Crippen LogP contribution in [0.1, 0.15) is 20.8 Å². The Morgan fingerprint density at radius 2 is 0.857 bits per heavy atom. The zero-order valence-corrected chi connectivity index (χ0v) is 12.6. The summed E-state index contributed by atoms with van der Waals surface area (Å²) in [5, 5.41) is 16.0. The van der Waals surface area contributed by atoms with E-state index in [9.17, 15) is 14.4 Å². The van der Waals surface area contributed by atoms with Gasteiger partial charge in [0.2, 0.25) is 0 Å². The monoisotopic (exact) mass is 300 g/mol. The van der Waals surface area contributed by atoms with Crippen LogP contribution in [0.3, 0.4) is 0 Å². The average molecular weight is 300 g/mol. The number of hydrogen-bond donors (Lipinski definition) is 6. The predicted octanol–water partition coefficient (Wildman–Crippen LogP) is -0.937. The fourth-order valence-electron chi connectivity index (χ4n) is 1.71. The second-order valence-corrected chi connectivity index (χ2v) is 5.27. The highest BCUT2D eigenvalue weighted by Crippen LogP contribution is 1.86. The summed E-state index contributed by atoms with van der Waals surface area (Å²) in [6.07, 6.45) is 0. The number of urea groups is 3. The van der Waals surface area contributed by atoms with Crippen molar-refractivity contribution in [2.75, 3.05) is 19.6 Å². The molecule has 1 fully saturated rings. The van der Waals surface area contributed by atoms with Crippen molar-refractivity contribution in [3.05, 3.63) is 0 Å². The van der Waals surface area contributed by atoms with E-state index in [0.29, 0.717) is 19.6 Å². The molecule has 120 valence electrons. The van der Waals surface area contributed by atoms with Crippen LogP contribution in [0, 0.1) is 0 Å². The quantitative estimate of drug-likeness (QED) is 0.346. The first-order chi connectivity index (χ1) is 9.86. The van der Waals surface area contributed by atoms with Crippen molar-refractivity contribution in [3.63, 3.8) is 0 Å². The zero-order chi connectivity index (χ0) is 15.8. The van der Waals surface area contributed by atoms with Gasteiger partial charge in [0.05, 0.1) is 0 Å². The topological polar surface area (TPSA) is 123 Å². The fourth-order valence-corrected chi connectivity index (χ4v) is 1.71. The Kier molecular flexibility index (Phi) is 6.57. The van der Waals surface area contributed by atoms with Gasteiger partial charge in [0.15, 0.2) is 0 Å². The standard InChI is InChI=1S/C12H24N6O3/c1-7-4-13-11(20)17-9(3)6-15-12(21)18-8(2)5-14-10(19)16-7/h7-9H,4-6H2,1-3H3,(H2,14,16,19)(H2,13,17,20)(H2,15,18,21)/t7-,8+,9?/m0/s1. The Hall–Kier alpha value is -2.19. The Balaban J connectivity index is 2.61. The van der Waals surface area contributed by atoms with Gasteiger partial charge in [0, 0.05) is 37.8 Å². The summed E-state index contributed by atoms with van der Waals surface area (Å²) < 4.78 is 0. The van der Waals surface area contributed by atoms with E-state index in [0.717, 1.165) is 0 Å². The van der Waals surface area contributed by atoms with Crippen LogP contribution in [0.25, 0.3) is 0 Å². The molecule has 6 amide bonds. The molecule has 9 nitrogen and oxygen atoms in total. The van der Waals surface area contributed by atoms with E-state index in [2.05, 4.69) is 31.9 Å². The lowest BCUT2D eigenvalue weighted by Gasteiger charge is -2.17. The van der Waals surface area contributed by atoms with Gasteiger partial charge >= 0.3 is 18.1 Å². The lowest BCUT2D eigenvalue weighted by Crippen LogP contribution is -2.50. The van der Waals surface area contributed by atoms with Crippen molar-refractivity contribution >= 4 is 18.1 Å². The zero-order valence-electron chi connectivity index (χ0n) is 12.6. The third-order valence-corrected chi connectivity index (χ3v) is 2.84. The van der Waals surface area contributed by atoms with Gasteiger partial charge in [-0.1, -0.05) is 0 Å². The highest BCUT2D eigenvalue weighted by Gasteiger charge is 2.14. The first kappa shape index (κ1) is 16.9. The number of nitrogens with one attached hydrogen (secondary N) is 6. The van der Waals surface area contributed by atoms with Gasteiger partial charge in [0.25, 0.3) is 0 Å². The van der Waals surface area contributed by atoms with Crippen molar-refractivity contribution in [1.29, 1.82) is 0 Å². The van der Waals surface area contributed by atoms with E-state index in [1.54, 1.807) is 20.8 Å². The summed E-state index contributed by atoms with van der Waals surface area (Å²) in [5.41, 5.74) is 0. The maximum absolute atomic E-state index is 11.6. The van der Waals surface area contributed by atoms with Crippen LogP contribution in [-0.2, 0) is 0 Å². The first-order valence-electron chi connectivity index (χ1n) is 7.00. The number of carbonyl (C=O) groups excluding carboxylic acids is 3. The summed E-state index contributed by atoms with van der Waals surface area (Å²) in [6.45, 7) is 6.29. The van der Waals surface area contributed by atoms with E-state index in [4.69, 9.17) is 0 Å². The summed E-state index contributed by atoms with van der Waals surface area (Å²) in [5.74, 6) is 0. The number of amides is 6. The molecule has 9 heteroatoms. The van der Waals surface area contributed by atoms with Crippen LogP contribution in [0.2, 0.25) is 0 Å². The van der Waals surface area contributed by atoms with Crippen LogP contribution < -0.4 is 31.9 Å². The molecule has 1 heterocycles. The van der Waals surface area contributed by atoms with Crippen LogP contribution in [0.5, 0.6) is 0 Å². The van der Waals surface area contributed by atoms with Gasteiger partial charge in [-0.05, 0) is 20.8 Å². The first-order valence-corrected chi connectivity index (χ1v) is 7.00. The molecule has 0 bridgehead atoms. The normalized spacial score (nSPS) is 29.3. The minimum atomic E-state index is -0.345. The van der Waals surface area contributed by atoms with Gasteiger partial charge in [-0.3, -0.25) is 0 Å². The largest absolute Gasteiger partial charge is 0.336 e. The number of hydrogen-bond acceptors (Lipinski definition) is 3. The van der Waals surface area contributed by atoms with Gasteiger partial charge in [-0.15, -0.1) is 0 Å². The Morgan fingerprint density at radius 3 is 1.10 bits per heavy atom. The average Bonchev–Trinajstić information content (AvgIpc) is 2.40. The van der Waals surface area contributed by atoms with Crippen LogP contribution in [-0.4, -0.2) is 55.9 Å². The van der Waals surface area contributed by atoms with E-state index in [1.165, 1.54) is 0 Å². The molecular formula is C12H24N6O3. The highest BCUT2D eigenvalue weighted by atomic mass is 16.2. The fraction of sp³-hybridized carbons (Fsp3) is 0.750. The molecule has 0 saturated carbocycles. The Bertz CT molecular complexity index is 332. The number of carbonyl (C=O) groups is 3. The van der Waals surface area contributed by atoms with Crippen molar-refractivity contribution < 1.29 is 14.4 Å².